The molecule has 3 N–H and O–H groups in total. The van der Waals surface area contributed by atoms with Gasteiger partial charge < -0.3 is 20.5 Å². The number of carbonyl (C=O) groups excluding carboxylic acids is 1. The summed E-state index contributed by atoms with van der Waals surface area (Å²) in [6.45, 7) is 4.99. The number of aryl methyl sites for hydroxylation is 1. The van der Waals surface area contributed by atoms with E-state index in [9.17, 15) is 4.79 Å². The standard InChI is InChI=1S/C15H24N2O3/c1-11-6-7-13(16)9-14(11)17-15(18)5-4-8-20-12(2)10-19-3/h6-7,9,12H,4-5,8,10,16H2,1-3H3,(H,17,18). The lowest BCUT2D eigenvalue weighted by Crippen LogP contribution is -2.17. The van der Waals surface area contributed by atoms with Gasteiger partial charge >= 0.3 is 0 Å². The van der Waals surface area contributed by atoms with Crippen LogP contribution in [0.15, 0.2) is 18.2 Å². The zero-order valence-corrected chi connectivity index (χ0v) is 12.4. The van der Waals surface area contributed by atoms with Crippen molar-refractivity contribution in [3.8, 4) is 0 Å². The normalized spacial score (nSPS) is 12.2. The van der Waals surface area contributed by atoms with Gasteiger partial charge in [-0.25, -0.2) is 0 Å². The highest BCUT2D eigenvalue weighted by Gasteiger charge is 2.06. The summed E-state index contributed by atoms with van der Waals surface area (Å²) in [4.78, 5) is 11.8. The molecule has 0 aliphatic carbocycles. The molecular weight excluding hydrogens is 256 g/mol. The second-order valence-corrected chi connectivity index (χ2v) is 4.86. The van der Waals surface area contributed by atoms with Gasteiger partial charge in [-0.3, -0.25) is 4.79 Å². The molecule has 5 nitrogen and oxygen atoms in total. The molecule has 1 aromatic rings. The summed E-state index contributed by atoms with van der Waals surface area (Å²) in [5.74, 6) is -0.0262. The molecule has 1 unspecified atom stereocenters. The molecule has 0 fully saturated rings. The predicted octanol–water partition coefficient (Wildman–Crippen LogP) is 2.35. The first-order valence-corrected chi connectivity index (χ1v) is 6.79. The topological polar surface area (TPSA) is 73.6 Å². The first kappa shape index (κ1) is 16.5. The van der Waals surface area contributed by atoms with Crippen molar-refractivity contribution in [1.29, 1.82) is 0 Å². The van der Waals surface area contributed by atoms with Gasteiger partial charge in [0.2, 0.25) is 5.91 Å². The molecule has 1 aromatic carbocycles. The van der Waals surface area contributed by atoms with E-state index >= 15 is 0 Å². The van der Waals surface area contributed by atoms with Crippen molar-refractivity contribution >= 4 is 17.3 Å². The van der Waals surface area contributed by atoms with Crippen LogP contribution in [0, 0.1) is 6.92 Å². The average molecular weight is 280 g/mol. The molecule has 0 aliphatic heterocycles. The van der Waals surface area contributed by atoms with E-state index in [4.69, 9.17) is 15.2 Å². The van der Waals surface area contributed by atoms with Crippen molar-refractivity contribution in [2.24, 2.45) is 0 Å². The van der Waals surface area contributed by atoms with Crippen molar-refractivity contribution in [2.45, 2.75) is 32.8 Å². The van der Waals surface area contributed by atoms with E-state index in [2.05, 4.69) is 5.32 Å². The number of methoxy groups -OCH3 is 1. The van der Waals surface area contributed by atoms with E-state index in [1.807, 2.05) is 26.0 Å². The highest BCUT2D eigenvalue weighted by atomic mass is 16.5. The SMILES string of the molecule is COCC(C)OCCCC(=O)Nc1cc(N)ccc1C. The molecule has 1 amide bonds. The van der Waals surface area contributed by atoms with Crippen LogP contribution in [0.2, 0.25) is 0 Å². The first-order valence-electron chi connectivity index (χ1n) is 6.79. The molecule has 0 saturated carbocycles. The molecule has 1 atom stereocenters. The maximum Gasteiger partial charge on any atom is 0.224 e. The van der Waals surface area contributed by atoms with E-state index in [0.29, 0.717) is 31.7 Å². The summed E-state index contributed by atoms with van der Waals surface area (Å²) in [5, 5.41) is 2.87. The van der Waals surface area contributed by atoms with Gasteiger partial charge in [0.25, 0.3) is 0 Å². The fraction of sp³-hybridized carbons (Fsp3) is 0.533. The molecule has 20 heavy (non-hydrogen) atoms. The van der Waals surface area contributed by atoms with E-state index in [-0.39, 0.29) is 12.0 Å². The van der Waals surface area contributed by atoms with E-state index in [1.54, 1.807) is 13.2 Å². The Bertz CT molecular complexity index is 435. The minimum Gasteiger partial charge on any atom is -0.399 e. The number of hydrogen-bond donors (Lipinski definition) is 2. The predicted molar refractivity (Wildman–Crippen MR) is 80.7 cm³/mol. The Morgan fingerprint density at radius 3 is 2.90 bits per heavy atom. The zero-order chi connectivity index (χ0) is 15.0. The third-order valence-corrected chi connectivity index (χ3v) is 2.89. The summed E-state index contributed by atoms with van der Waals surface area (Å²) in [6, 6.07) is 5.47. The number of carbonyl (C=O) groups is 1. The van der Waals surface area contributed by atoms with Gasteiger partial charge in [0.15, 0.2) is 0 Å². The van der Waals surface area contributed by atoms with Crippen molar-refractivity contribution in [1.82, 2.24) is 0 Å². The summed E-state index contributed by atoms with van der Waals surface area (Å²) in [7, 11) is 1.64. The van der Waals surface area contributed by atoms with Gasteiger partial charge in [-0.05, 0) is 38.0 Å². The third kappa shape index (κ3) is 6.04. The van der Waals surface area contributed by atoms with Gasteiger partial charge in [-0.2, -0.15) is 0 Å². The lowest BCUT2D eigenvalue weighted by Gasteiger charge is -2.12. The minimum absolute atomic E-state index is 0.0262. The molecule has 1 rings (SSSR count). The maximum absolute atomic E-state index is 11.8. The maximum atomic E-state index is 11.8. The average Bonchev–Trinajstić information content (AvgIpc) is 2.39. The van der Waals surface area contributed by atoms with Crippen LogP contribution in [0.5, 0.6) is 0 Å². The zero-order valence-electron chi connectivity index (χ0n) is 12.4. The van der Waals surface area contributed by atoms with E-state index in [0.717, 1.165) is 11.3 Å². The number of amides is 1. The van der Waals surface area contributed by atoms with Crippen LogP contribution >= 0.6 is 0 Å². The quantitative estimate of drug-likeness (QED) is 0.566. The summed E-state index contributed by atoms with van der Waals surface area (Å²) in [5.41, 5.74) is 8.11. The molecule has 0 aliphatic rings. The number of hydrogen-bond acceptors (Lipinski definition) is 4. The Hall–Kier alpha value is -1.59. The van der Waals surface area contributed by atoms with E-state index in [1.165, 1.54) is 0 Å². The molecule has 112 valence electrons. The van der Waals surface area contributed by atoms with Gasteiger partial charge in [-0.15, -0.1) is 0 Å². The van der Waals surface area contributed by atoms with Crippen LogP contribution in [0.4, 0.5) is 11.4 Å². The van der Waals surface area contributed by atoms with Gasteiger partial charge in [0.05, 0.1) is 12.7 Å². The highest BCUT2D eigenvalue weighted by molar-refractivity contribution is 5.91. The van der Waals surface area contributed by atoms with Crippen LogP contribution in [-0.2, 0) is 14.3 Å². The second-order valence-electron chi connectivity index (χ2n) is 4.86. The van der Waals surface area contributed by atoms with Crippen molar-refractivity contribution in [3.05, 3.63) is 23.8 Å². The fourth-order valence-corrected chi connectivity index (χ4v) is 1.79. The van der Waals surface area contributed by atoms with E-state index < -0.39 is 0 Å². The second kappa shape index (κ2) is 8.55. The number of nitrogens with one attached hydrogen (secondary N) is 1. The number of nitrogen functional groups attached to an aromatic ring is 1. The summed E-state index contributed by atoms with van der Waals surface area (Å²) >= 11 is 0. The molecule has 0 saturated heterocycles. The first-order chi connectivity index (χ1) is 9.52. The molecule has 5 heteroatoms. The van der Waals surface area contributed by atoms with Gasteiger partial charge in [-0.1, -0.05) is 6.07 Å². The largest absolute Gasteiger partial charge is 0.399 e. The highest BCUT2D eigenvalue weighted by Crippen LogP contribution is 2.18. The lowest BCUT2D eigenvalue weighted by atomic mass is 10.1. The fourth-order valence-electron chi connectivity index (χ4n) is 1.79. The summed E-state index contributed by atoms with van der Waals surface area (Å²) < 4.78 is 10.5. The molecule has 0 aromatic heterocycles. The van der Waals surface area contributed by atoms with Crippen molar-refractivity contribution < 1.29 is 14.3 Å². The van der Waals surface area contributed by atoms with Crippen LogP contribution in [0.25, 0.3) is 0 Å². The number of anilines is 2. The van der Waals surface area contributed by atoms with Crippen LogP contribution in [-0.4, -0.2) is 32.3 Å². The Balaban J connectivity index is 2.28. The van der Waals surface area contributed by atoms with Gasteiger partial charge in [0, 0.05) is 31.5 Å². The smallest absolute Gasteiger partial charge is 0.224 e. The Labute approximate surface area is 120 Å². The Kier molecular flexibility index (Phi) is 7.04. The summed E-state index contributed by atoms with van der Waals surface area (Å²) in [6.07, 6.45) is 1.16. The Morgan fingerprint density at radius 2 is 2.20 bits per heavy atom. The molecule has 0 radical (unpaired) electrons. The monoisotopic (exact) mass is 280 g/mol. The Morgan fingerprint density at radius 1 is 1.45 bits per heavy atom. The van der Waals surface area contributed by atoms with Crippen molar-refractivity contribution in [3.63, 3.8) is 0 Å². The molecule has 0 bridgehead atoms. The molecule has 0 spiro atoms. The van der Waals surface area contributed by atoms with Crippen molar-refractivity contribution in [2.75, 3.05) is 31.4 Å². The third-order valence-electron chi connectivity index (χ3n) is 2.89. The number of rotatable bonds is 8. The number of nitrogens with two attached hydrogens (primary N) is 1. The molecule has 0 heterocycles. The lowest BCUT2D eigenvalue weighted by molar-refractivity contribution is -0.116. The number of ether oxygens (including phenoxy) is 2. The van der Waals surface area contributed by atoms with Crippen LogP contribution in [0.3, 0.4) is 0 Å². The van der Waals surface area contributed by atoms with Crippen LogP contribution < -0.4 is 11.1 Å². The van der Waals surface area contributed by atoms with Gasteiger partial charge in [0.1, 0.15) is 0 Å². The molecular formula is C15H24N2O3. The van der Waals surface area contributed by atoms with Crippen LogP contribution in [0.1, 0.15) is 25.3 Å². The number of benzene rings is 1. The minimum atomic E-state index is -0.0262.